The average molecular weight is 751 g/mol. The zero-order valence-electron chi connectivity index (χ0n) is 34.5. The maximum absolute atomic E-state index is 12.4. The lowest BCUT2D eigenvalue weighted by molar-refractivity contribution is -0.173. The number of hydrogen-bond acceptors (Lipinski definition) is 2. The van der Waals surface area contributed by atoms with Gasteiger partial charge in [0, 0.05) is 6.10 Å². The first kappa shape index (κ1) is 38.6. The van der Waals surface area contributed by atoms with E-state index in [2.05, 4.69) is 169 Å². The molecule has 0 aliphatic heterocycles. The summed E-state index contributed by atoms with van der Waals surface area (Å²) < 4.78 is 7.77. The first-order valence-electron chi connectivity index (χ1n) is 21.7. The molecule has 4 aliphatic rings. The fourth-order valence-electron chi connectivity index (χ4n) is 13.3. The third kappa shape index (κ3) is 6.74. The second kappa shape index (κ2) is 15.3. The standard InChI is InChI=1S/C52H66O2Si/c1-37(27-29-44(38-19-11-7-12-20-38)39-21-13-8-14-22-39)46-31-32-47-45-30-28-40-35-41(33-34-51(40,5)48(45)36-49(53)52(46,47)6)54-55(50(2,3)4,42-23-15-9-16-24-42)43-25-17-10-18-26-43/h7-26,29,37,40-41,45-49,53H,27-28,30-36H2,1-6H3/t37?,40-,41-,45+,46-,47+,48+,49+,51+,52-/m1/s1. The molecule has 10 atom stereocenters. The summed E-state index contributed by atoms with van der Waals surface area (Å²) in [6.07, 6.45) is 13.2. The zero-order valence-corrected chi connectivity index (χ0v) is 35.5. The van der Waals surface area contributed by atoms with Crippen LogP contribution in [0.25, 0.3) is 5.57 Å². The smallest absolute Gasteiger partial charge is 0.261 e. The van der Waals surface area contributed by atoms with Crippen molar-refractivity contribution in [2.45, 2.75) is 117 Å². The molecule has 4 aliphatic carbocycles. The van der Waals surface area contributed by atoms with Gasteiger partial charge in [-0.2, -0.15) is 0 Å². The number of benzene rings is 4. The van der Waals surface area contributed by atoms with Crippen molar-refractivity contribution < 1.29 is 9.53 Å². The summed E-state index contributed by atoms with van der Waals surface area (Å²) in [5.41, 5.74) is 4.16. The van der Waals surface area contributed by atoms with Crippen molar-refractivity contribution in [3.05, 3.63) is 139 Å². The molecular weight excluding hydrogens is 685 g/mol. The Kier molecular flexibility index (Phi) is 10.7. The topological polar surface area (TPSA) is 29.5 Å². The van der Waals surface area contributed by atoms with Crippen molar-refractivity contribution in [3.8, 4) is 0 Å². The van der Waals surface area contributed by atoms with Crippen LogP contribution in [-0.2, 0) is 4.43 Å². The summed E-state index contributed by atoms with van der Waals surface area (Å²) in [6, 6.07) is 44.2. The first-order chi connectivity index (χ1) is 26.5. The molecule has 8 rings (SSSR count). The van der Waals surface area contributed by atoms with E-state index in [9.17, 15) is 5.11 Å². The Bertz CT molecular complexity index is 1820. The molecule has 4 fully saturated rings. The first-order valence-corrected chi connectivity index (χ1v) is 23.7. The van der Waals surface area contributed by atoms with Gasteiger partial charge in [-0.15, -0.1) is 0 Å². The molecule has 0 amide bonds. The molecule has 1 unspecified atom stereocenters. The zero-order chi connectivity index (χ0) is 38.4. The van der Waals surface area contributed by atoms with E-state index in [-0.39, 0.29) is 28.1 Å². The molecular formula is C52H66O2Si. The molecule has 4 aromatic carbocycles. The highest BCUT2D eigenvalue weighted by Crippen LogP contribution is 2.68. The maximum Gasteiger partial charge on any atom is 0.261 e. The predicted octanol–water partition coefficient (Wildman–Crippen LogP) is 11.7. The third-order valence-corrected chi connectivity index (χ3v) is 21.2. The minimum Gasteiger partial charge on any atom is -0.404 e. The van der Waals surface area contributed by atoms with Gasteiger partial charge in [0.1, 0.15) is 0 Å². The van der Waals surface area contributed by atoms with Crippen LogP contribution >= 0.6 is 0 Å². The van der Waals surface area contributed by atoms with Gasteiger partial charge in [0.2, 0.25) is 0 Å². The monoisotopic (exact) mass is 750 g/mol. The quantitative estimate of drug-likeness (QED) is 0.173. The van der Waals surface area contributed by atoms with Gasteiger partial charge in [0.15, 0.2) is 0 Å². The van der Waals surface area contributed by atoms with Crippen LogP contribution in [0.2, 0.25) is 5.04 Å². The number of rotatable bonds is 9. The van der Waals surface area contributed by atoms with Crippen molar-refractivity contribution >= 4 is 24.3 Å². The van der Waals surface area contributed by atoms with E-state index in [1.54, 1.807) is 0 Å². The van der Waals surface area contributed by atoms with Crippen molar-refractivity contribution in [2.75, 3.05) is 0 Å². The van der Waals surface area contributed by atoms with Gasteiger partial charge < -0.3 is 9.53 Å². The highest BCUT2D eigenvalue weighted by Gasteiger charge is 2.64. The molecule has 3 heteroatoms. The Hall–Kier alpha value is -3.24. The Morgan fingerprint density at radius 1 is 0.727 bits per heavy atom. The molecule has 290 valence electrons. The van der Waals surface area contributed by atoms with E-state index < -0.39 is 8.32 Å². The van der Waals surface area contributed by atoms with Crippen molar-refractivity contribution in [1.82, 2.24) is 0 Å². The minimum absolute atomic E-state index is 0.0113. The predicted molar refractivity (Wildman–Crippen MR) is 233 cm³/mol. The molecule has 55 heavy (non-hydrogen) atoms. The molecule has 0 heterocycles. The SMILES string of the molecule is CC(CC=C(c1ccccc1)c1ccccc1)[C@H]1CC[C@H]2[C@@H]3CC[C@@H]4C[C@H](O[Si](c5ccccc5)(c5ccccc5)C(C)(C)C)CC[C@]4(C)[C@H]3C[C@H](O)[C@]12C. The minimum atomic E-state index is -2.61. The van der Waals surface area contributed by atoms with Crippen molar-refractivity contribution in [1.29, 1.82) is 0 Å². The van der Waals surface area contributed by atoms with Crippen LogP contribution in [0.15, 0.2) is 127 Å². The summed E-state index contributed by atoms with van der Waals surface area (Å²) in [5.74, 6) is 3.65. The molecule has 4 aromatic rings. The third-order valence-electron chi connectivity index (χ3n) is 16.1. The molecule has 0 saturated heterocycles. The van der Waals surface area contributed by atoms with E-state index in [0.717, 1.165) is 31.6 Å². The number of aliphatic hydroxyl groups is 1. The summed E-state index contributed by atoms with van der Waals surface area (Å²) in [5, 5.41) is 15.2. The number of allylic oxidation sites excluding steroid dienone is 1. The molecule has 1 N–H and O–H groups in total. The lowest BCUT2D eigenvalue weighted by atomic mass is 9.43. The lowest BCUT2D eigenvalue weighted by Gasteiger charge is -2.63. The van der Waals surface area contributed by atoms with Crippen LogP contribution in [-0.4, -0.2) is 25.6 Å². The van der Waals surface area contributed by atoms with Crippen LogP contribution < -0.4 is 10.4 Å². The summed E-state index contributed by atoms with van der Waals surface area (Å²) in [7, 11) is -2.61. The van der Waals surface area contributed by atoms with Crippen LogP contribution in [0.5, 0.6) is 0 Å². The van der Waals surface area contributed by atoms with Gasteiger partial charge in [-0.25, -0.2) is 0 Å². The second-order valence-electron chi connectivity index (χ2n) is 19.7. The molecule has 4 saturated carbocycles. The Morgan fingerprint density at radius 3 is 1.82 bits per heavy atom. The average Bonchev–Trinajstić information content (AvgIpc) is 3.57. The number of fused-ring (bicyclic) bond motifs is 5. The van der Waals surface area contributed by atoms with Gasteiger partial charge in [-0.05, 0) is 136 Å². The van der Waals surface area contributed by atoms with Gasteiger partial charge in [0.25, 0.3) is 8.32 Å². The normalized spacial score (nSPS) is 32.5. The van der Waals surface area contributed by atoms with E-state index >= 15 is 0 Å². The van der Waals surface area contributed by atoms with E-state index in [0.29, 0.717) is 29.6 Å². The molecule has 0 bridgehead atoms. The summed E-state index contributed by atoms with van der Waals surface area (Å²) in [4.78, 5) is 0. The summed E-state index contributed by atoms with van der Waals surface area (Å²) >= 11 is 0. The van der Waals surface area contributed by atoms with E-state index in [1.165, 1.54) is 59.2 Å². The van der Waals surface area contributed by atoms with Gasteiger partial charge in [0.05, 0.1) is 6.10 Å². The van der Waals surface area contributed by atoms with Crippen molar-refractivity contribution in [3.63, 3.8) is 0 Å². The van der Waals surface area contributed by atoms with E-state index in [4.69, 9.17) is 4.43 Å². The fourth-order valence-corrected chi connectivity index (χ4v) is 18.0. The van der Waals surface area contributed by atoms with Crippen molar-refractivity contribution in [2.24, 2.45) is 46.3 Å². The number of hydrogen-bond donors (Lipinski definition) is 1. The van der Waals surface area contributed by atoms with E-state index in [1.807, 2.05) is 0 Å². The second-order valence-corrected chi connectivity index (χ2v) is 24.0. The van der Waals surface area contributed by atoms with Gasteiger partial charge >= 0.3 is 0 Å². The Labute approximate surface area is 334 Å². The molecule has 0 aromatic heterocycles. The number of aliphatic hydroxyl groups excluding tert-OH is 1. The van der Waals surface area contributed by atoms with Crippen LogP contribution in [0.1, 0.15) is 110 Å². The van der Waals surface area contributed by atoms with Gasteiger partial charge in [-0.3, -0.25) is 0 Å². The largest absolute Gasteiger partial charge is 0.404 e. The van der Waals surface area contributed by atoms with Gasteiger partial charge in [-0.1, -0.05) is 169 Å². The Morgan fingerprint density at radius 2 is 1.27 bits per heavy atom. The van der Waals surface area contributed by atoms with Crippen LogP contribution in [0.4, 0.5) is 0 Å². The highest BCUT2D eigenvalue weighted by atomic mass is 28.4. The summed E-state index contributed by atoms with van der Waals surface area (Å²) in [6.45, 7) is 14.9. The van der Waals surface area contributed by atoms with Crippen LogP contribution in [0.3, 0.4) is 0 Å². The Balaban J connectivity index is 1.01. The maximum atomic E-state index is 12.4. The lowest BCUT2D eigenvalue weighted by Crippen LogP contribution is -2.68. The van der Waals surface area contributed by atoms with Crippen LogP contribution in [0, 0.1) is 46.3 Å². The molecule has 0 spiro atoms. The fraction of sp³-hybridized carbons (Fsp3) is 0.500. The highest BCUT2D eigenvalue weighted by molar-refractivity contribution is 6.99. The molecule has 2 nitrogen and oxygen atoms in total. The molecule has 0 radical (unpaired) electrons.